The van der Waals surface area contributed by atoms with Crippen molar-refractivity contribution in [3.63, 3.8) is 0 Å². The molecule has 0 fully saturated rings. The molecule has 12 heavy (non-hydrogen) atoms. The Kier molecular flexibility index (Phi) is 3.16. The van der Waals surface area contributed by atoms with Crippen molar-refractivity contribution in [2.24, 2.45) is 0 Å². The molecule has 2 nitrogen and oxygen atoms in total. The van der Waals surface area contributed by atoms with E-state index >= 15 is 0 Å². The van der Waals surface area contributed by atoms with Crippen LogP contribution in [-0.4, -0.2) is 11.5 Å². The van der Waals surface area contributed by atoms with E-state index in [2.05, 4.69) is 16.2 Å². The molecule has 0 aliphatic carbocycles. The third-order valence-electron chi connectivity index (χ3n) is 1.57. The Hall–Kier alpha value is -1.49. The summed E-state index contributed by atoms with van der Waals surface area (Å²) < 4.78 is 0. The van der Waals surface area contributed by atoms with E-state index in [1.54, 1.807) is 6.20 Å². The Balaban J connectivity index is 2.53. The minimum atomic E-state index is 0.732. The van der Waals surface area contributed by atoms with Gasteiger partial charge in [-0.25, -0.2) is 4.98 Å². The standard InChI is InChI=1S/C10H12N2/c1-3-4-7-11-10-9(2)6-5-8-12-10/h1,5-6,8H,4,7H2,2H3,(H,11,12). The van der Waals surface area contributed by atoms with E-state index in [1.807, 2.05) is 19.1 Å². The Bertz CT molecular complexity index is 286. The second-order valence-electron chi connectivity index (χ2n) is 2.55. The maximum atomic E-state index is 5.12. The molecular weight excluding hydrogens is 148 g/mol. The first kappa shape index (κ1) is 8.61. The van der Waals surface area contributed by atoms with Gasteiger partial charge in [-0.2, -0.15) is 0 Å². The van der Waals surface area contributed by atoms with Crippen LogP contribution >= 0.6 is 0 Å². The van der Waals surface area contributed by atoms with Gasteiger partial charge in [0.05, 0.1) is 0 Å². The Morgan fingerprint density at radius 1 is 1.67 bits per heavy atom. The lowest BCUT2D eigenvalue weighted by Gasteiger charge is -2.04. The molecule has 1 heterocycles. The zero-order valence-electron chi connectivity index (χ0n) is 7.17. The highest BCUT2D eigenvalue weighted by molar-refractivity contribution is 5.42. The molecule has 1 rings (SSSR count). The van der Waals surface area contributed by atoms with Crippen molar-refractivity contribution in [2.45, 2.75) is 13.3 Å². The molecule has 0 amide bonds. The lowest BCUT2D eigenvalue weighted by atomic mass is 10.3. The van der Waals surface area contributed by atoms with Gasteiger partial charge >= 0.3 is 0 Å². The van der Waals surface area contributed by atoms with E-state index in [0.717, 1.165) is 24.3 Å². The third kappa shape index (κ3) is 2.28. The van der Waals surface area contributed by atoms with E-state index in [9.17, 15) is 0 Å². The summed E-state index contributed by atoms with van der Waals surface area (Å²) in [5.74, 6) is 3.49. The number of anilines is 1. The summed E-state index contributed by atoms with van der Waals surface area (Å²) in [5.41, 5.74) is 1.15. The number of hydrogen-bond donors (Lipinski definition) is 1. The van der Waals surface area contributed by atoms with Crippen LogP contribution in [0.3, 0.4) is 0 Å². The largest absolute Gasteiger partial charge is 0.369 e. The van der Waals surface area contributed by atoms with Crippen LogP contribution in [0.15, 0.2) is 18.3 Å². The number of hydrogen-bond acceptors (Lipinski definition) is 2. The SMILES string of the molecule is C#CCCNc1ncccc1C. The molecule has 1 aromatic heterocycles. The van der Waals surface area contributed by atoms with E-state index < -0.39 is 0 Å². The second-order valence-corrected chi connectivity index (χ2v) is 2.55. The van der Waals surface area contributed by atoms with Gasteiger partial charge in [-0.1, -0.05) is 6.07 Å². The topological polar surface area (TPSA) is 24.9 Å². The van der Waals surface area contributed by atoms with Gasteiger partial charge in [0.25, 0.3) is 0 Å². The number of aryl methyl sites for hydroxylation is 1. The molecule has 0 atom stereocenters. The predicted octanol–water partition coefficient (Wildman–Crippen LogP) is 1.83. The van der Waals surface area contributed by atoms with Crippen LogP contribution in [0.1, 0.15) is 12.0 Å². The average molecular weight is 160 g/mol. The van der Waals surface area contributed by atoms with E-state index in [0.29, 0.717) is 0 Å². The molecule has 0 aliphatic heterocycles. The molecule has 2 heteroatoms. The summed E-state index contributed by atoms with van der Waals surface area (Å²) in [5, 5.41) is 3.16. The van der Waals surface area contributed by atoms with E-state index in [4.69, 9.17) is 6.42 Å². The van der Waals surface area contributed by atoms with Crippen molar-refractivity contribution in [1.29, 1.82) is 0 Å². The van der Waals surface area contributed by atoms with Gasteiger partial charge in [0.2, 0.25) is 0 Å². The molecule has 62 valence electrons. The minimum Gasteiger partial charge on any atom is -0.369 e. The number of terminal acetylenes is 1. The molecule has 0 saturated heterocycles. The Labute approximate surface area is 73.0 Å². The smallest absolute Gasteiger partial charge is 0.128 e. The molecular formula is C10H12N2. The van der Waals surface area contributed by atoms with Crippen LogP contribution in [0.25, 0.3) is 0 Å². The second kappa shape index (κ2) is 4.40. The van der Waals surface area contributed by atoms with Gasteiger partial charge in [-0.05, 0) is 18.6 Å². The fourth-order valence-corrected chi connectivity index (χ4v) is 0.924. The number of nitrogens with zero attached hydrogens (tertiary/aromatic N) is 1. The lowest BCUT2D eigenvalue weighted by molar-refractivity contribution is 1.06. The van der Waals surface area contributed by atoms with Crippen LogP contribution in [0.5, 0.6) is 0 Å². The number of nitrogens with one attached hydrogen (secondary N) is 1. The zero-order valence-corrected chi connectivity index (χ0v) is 7.17. The van der Waals surface area contributed by atoms with E-state index in [-0.39, 0.29) is 0 Å². The first-order valence-electron chi connectivity index (χ1n) is 3.93. The van der Waals surface area contributed by atoms with E-state index in [1.165, 1.54) is 0 Å². The molecule has 0 radical (unpaired) electrons. The molecule has 0 aromatic carbocycles. The predicted molar refractivity (Wildman–Crippen MR) is 50.9 cm³/mol. The Morgan fingerprint density at radius 2 is 2.50 bits per heavy atom. The highest BCUT2D eigenvalue weighted by Gasteiger charge is 1.94. The summed E-state index contributed by atoms with van der Waals surface area (Å²) in [6.45, 7) is 2.81. The minimum absolute atomic E-state index is 0.732. The summed E-state index contributed by atoms with van der Waals surface area (Å²) in [6, 6.07) is 3.94. The van der Waals surface area contributed by atoms with Crippen molar-refractivity contribution in [1.82, 2.24) is 4.98 Å². The number of rotatable bonds is 3. The highest BCUT2D eigenvalue weighted by Crippen LogP contribution is 2.08. The molecule has 1 N–H and O–H groups in total. The van der Waals surface area contributed by atoms with Crippen molar-refractivity contribution in [3.8, 4) is 12.3 Å². The van der Waals surface area contributed by atoms with Crippen LogP contribution < -0.4 is 5.32 Å². The molecule has 0 bridgehead atoms. The van der Waals surface area contributed by atoms with Gasteiger partial charge in [0, 0.05) is 19.2 Å². The normalized spacial score (nSPS) is 9.00. The first-order valence-corrected chi connectivity index (χ1v) is 3.93. The van der Waals surface area contributed by atoms with Crippen molar-refractivity contribution in [3.05, 3.63) is 23.9 Å². The van der Waals surface area contributed by atoms with Crippen LogP contribution in [0.4, 0.5) is 5.82 Å². The number of pyridine rings is 1. The lowest BCUT2D eigenvalue weighted by Crippen LogP contribution is -2.03. The van der Waals surface area contributed by atoms with Crippen molar-refractivity contribution in [2.75, 3.05) is 11.9 Å². The molecule has 0 aliphatic rings. The van der Waals surface area contributed by atoms with Crippen LogP contribution in [0, 0.1) is 19.3 Å². The quantitative estimate of drug-likeness (QED) is 0.539. The van der Waals surface area contributed by atoms with Gasteiger partial charge in [0.15, 0.2) is 0 Å². The van der Waals surface area contributed by atoms with Crippen LogP contribution in [0.2, 0.25) is 0 Å². The van der Waals surface area contributed by atoms with Gasteiger partial charge in [0.1, 0.15) is 5.82 Å². The van der Waals surface area contributed by atoms with Gasteiger partial charge < -0.3 is 5.32 Å². The maximum Gasteiger partial charge on any atom is 0.128 e. The summed E-state index contributed by atoms with van der Waals surface area (Å²) >= 11 is 0. The zero-order chi connectivity index (χ0) is 8.81. The van der Waals surface area contributed by atoms with Crippen molar-refractivity contribution < 1.29 is 0 Å². The summed E-state index contributed by atoms with van der Waals surface area (Å²) in [4.78, 5) is 4.17. The number of aromatic nitrogens is 1. The monoisotopic (exact) mass is 160 g/mol. The average Bonchev–Trinajstić information content (AvgIpc) is 2.09. The Morgan fingerprint density at radius 3 is 3.17 bits per heavy atom. The summed E-state index contributed by atoms with van der Waals surface area (Å²) in [7, 11) is 0. The fourth-order valence-electron chi connectivity index (χ4n) is 0.924. The summed E-state index contributed by atoms with van der Waals surface area (Å²) in [6.07, 6.45) is 7.62. The first-order chi connectivity index (χ1) is 5.84. The maximum absolute atomic E-state index is 5.12. The highest BCUT2D eigenvalue weighted by atomic mass is 15.0. The van der Waals surface area contributed by atoms with Gasteiger partial charge in [-0.3, -0.25) is 0 Å². The fraction of sp³-hybridized carbons (Fsp3) is 0.300. The van der Waals surface area contributed by atoms with Crippen molar-refractivity contribution >= 4 is 5.82 Å². The third-order valence-corrected chi connectivity index (χ3v) is 1.57. The van der Waals surface area contributed by atoms with Gasteiger partial charge in [-0.15, -0.1) is 12.3 Å². The molecule has 0 unspecified atom stereocenters. The molecule has 1 aromatic rings. The molecule has 0 saturated carbocycles. The molecule has 0 spiro atoms. The van der Waals surface area contributed by atoms with Crippen LogP contribution in [-0.2, 0) is 0 Å².